The summed E-state index contributed by atoms with van der Waals surface area (Å²) in [6.07, 6.45) is 5.08. The van der Waals surface area contributed by atoms with Crippen molar-refractivity contribution in [3.63, 3.8) is 0 Å². The quantitative estimate of drug-likeness (QED) is 0.781. The molecule has 1 N–H and O–H groups in total. The Bertz CT molecular complexity index is 834. The van der Waals surface area contributed by atoms with Crippen LogP contribution in [0.4, 0.5) is 4.79 Å². The fourth-order valence-electron chi connectivity index (χ4n) is 3.94. The molecule has 3 rings (SSSR count). The van der Waals surface area contributed by atoms with E-state index in [1.165, 1.54) is 6.42 Å². The van der Waals surface area contributed by atoms with Crippen LogP contribution in [0.2, 0.25) is 0 Å². The van der Waals surface area contributed by atoms with Gasteiger partial charge in [-0.15, -0.1) is 0 Å². The summed E-state index contributed by atoms with van der Waals surface area (Å²) in [5.41, 5.74) is 2.32. The summed E-state index contributed by atoms with van der Waals surface area (Å²) < 4.78 is 12.8. The highest BCUT2D eigenvalue weighted by atomic mass is 16.6. The molecule has 0 spiro atoms. The van der Waals surface area contributed by atoms with Crippen LogP contribution in [-0.4, -0.2) is 29.3 Å². The van der Waals surface area contributed by atoms with Crippen molar-refractivity contribution in [3.8, 4) is 5.75 Å². The molecule has 0 unspecified atom stereocenters. The number of carbonyl (C=O) groups excluding carboxylic acids is 2. The van der Waals surface area contributed by atoms with Crippen molar-refractivity contribution in [2.45, 2.75) is 65.5 Å². The van der Waals surface area contributed by atoms with Gasteiger partial charge in [0.1, 0.15) is 5.75 Å². The van der Waals surface area contributed by atoms with Crippen molar-refractivity contribution in [1.82, 2.24) is 9.88 Å². The first-order valence-corrected chi connectivity index (χ1v) is 9.83. The zero-order chi connectivity index (χ0) is 19.4. The largest absolute Gasteiger partial charge is 0.462 e. The average Bonchev–Trinajstić information content (AvgIpc) is 2.93. The molecule has 0 saturated heterocycles. The number of rotatable bonds is 5. The number of hydrogen-bond donors (Lipinski definition) is 1. The number of ether oxygens (including phenoxy) is 2. The SMILES string of the molecule is CCOC(=O)c1c(C)n(CC)c2ccc(OC(=O)NC3CCCCC3)cc12. The molecular weight excluding hydrogens is 344 g/mol. The highest BCUT2D eigenvalue weighted by Crippen LogP contribution is 2.30. The molecule has 0 radical (unpaired) electrons. The van der Waals surface area contributed by atoms with Crippen molar-refractivity contribution in [3.05, 3.63) is 29.5 Å². The minimum atomic E-state index is -0.439. The molecule has 1 aromatic carbocycles. The number of fused-ring (bicyclic) bond motifs is 1. The first-order valence-electron chi connectivity index (χ1n) is 9.83. The molecule has 0 bridgehead atoms. The molecule has 1 fully saturated rings. The summed E-state index contributed by atoms with van der Waals surface area (Å²) in [6.45, 7) is 6.78. The summed E-state index contributed by atoms with van der Waals surface area (Å²) in [4.78, 5) is 24.7. The van der Waals surface area contributed by atoms with E-state index in [0.717, 1.165) is 48.8 Å². The van der Waals surface area contributed by atoms with Crippen LogP contribution >= 0.6 is 0 Å². The Morgan fingerprint density at radius 2 is 1.93 bits per heavy atom. The third-order valence-electron chi connectivity index (χ3n) is 5.23. The van der Waals surface area contributed by atoms with Crippen molar-refractivity contribution in [2.24, 2.45) is 0 Å². The van der Waals surface area contributed by atoms with Gasteiger partial charge in [0.15, 0.2) is 0 Å². The monoisotopic (exact) mass is 372 g/mol. The highest BCUT2D eigenvalue weighted by Gasteiger charge is 2.22. The van der Waals surface area contributed by atoms with Gasteiger partial charge in [0.25, 0.3) is 0 Å². The molecular formula is C21H28N2O4. The van der Waals surface area contributed by atoms with Gasteiger partial charge in [0, 0.05) is 29.2 Å². The Hall–Kier alpha value is -2.50. The number of nitrogens with zero attached hydrogens (tertiary/aromatic N) is 1. The lowest BCUT2D eigenvalue weighted by atomic mass is 9.96. The van der Waals surface area contributed by atoms with Crippen LogP contribution in [0, 0.1) is 6.92 Å². The van der Waals surface area contributed by atoms with E-state index in [-0.39, 0.29) is 12.0 Å². The molecule has 1 aliphatic rings. The van der Waals surface area contributed by atoms with Crippen LogP contribution in [0.5, 0.6) is 5.75 Å². The number of aryl methyl sites for hydroxylation is 1. The predicted octanol–water partition coefficient (Wildman–Crippen LogP) is 4.57. The first kappa shape index (κ1) is 19.3. The number of hydrogen-bond acceptors (Lipinski definition) is 4. The van der Waals surface area contributed by atoms with E-state index >= 15 is 0 Å². The van der Waals surface area contributed by atoms with Crippen LogP contribution in [0.3, 0.4) is 0 Å². The standard InChI is InChI=1S/C21H28N2O4/c1-4-23-14(3)19(20(24)26-5-2)17-13-16(11-12-18(17)23)27-21(25)22-15-9-7-6-8-10-15/h11-13,15H,4-10H2,1-3H3,(H,22,25). The molecule has 1 aliphatic carbocycles. The lowest BCUT2D eigenvalue weighted by molar-refractivity contribution is 0.0527. The van der Waals surface area contributed by atoms with E-state index in [1.54, 1.807) is 19.1 Å². The van der Waals surface area contributed by atoms with Crippen LogP contribution in [-0.2, 0) is 11.3 Å². The summed E-state index contributed by atoms with van der Waals surface area (Å²) in [5, 5.41) is 3.69. The molecule has 2 aromatic rings. The lowest BCUT2D eigenvalue weighted by Crippen LogP contribution is -2.37. The van der Waals surface area contributed by atoms with Crippen LogP contribution in [0.25, 0.3) is 10.9 Å². The van der Waals surface area contributed by atoms with E-state index in [2.05, 4.69) is 9.88 Å². The maximum atomic E-state index is 12.4. The summed E-state index contributed by atoms with van der Waals surface area (Å²) in [7, 11) is 0. The van der Waals surface area contributed by atoms with Gasteiger partial charge >= 0.3 is 12.1 Å². The summed E-state index contributed by atoms with van der Waals surface area (Å²) >= 11 is 0. The van der Waals surface area contributed by atoms with Gasteiger partial charge in [-0.25, -0.2) is 9.59 Å². The second kappa shape index (κ2) is 8.46. The van der Waals surface area contributed by atoms with Gasteiger partial charge in [0.2, 0.25) is 0 Å². The summed E-state index contributed by atoms with van der Waals surface area (Å²) in [6, 6.07) is 5.59. The fourth-order valence-corrected chi connectivity index (χ4v) is 3.94. The molecule has 1 saturated carbocycles. The first-order chi connectivity index (χ1) is 13.0. The van der Waals surface area contributed by atoms with E-state index in [4.69, 9.17) is 9.47 Å². The molecule has 6 nitrogen and oxygen atoms in total. The third kappa shape index (κ3) is 4.10. The Morgan fingerprint density at radius 3 is 2.59 bits per heavy atom. The van der Waals surface area contributed by atoms with Gasteiger partial charge < -0.3 is 19.4 Å². The predicted molar refractivity (Wildman–Crippen MR) is 104 cm³/mol. The highest BCUT2D eigenvalue weighted by molar-refractivity contribution is 6.06. The second-order valence-electron chi connectivity index (χ2n) is 6.97. The van der Waals surface area contributed by atoms with Crippen LogP contribution < -0.4 is 10.1 Å². The lowest BCUT2D eigenvalue weighted by Gasteiger charge is -2.22. The third-order valence-corrected chi connectivity index (χ3v) is 5.23. The fraction of sp³-hybridized carbons (Fsp3) is 0.524. The normalized spacial score (nSPS) is 14.9. The number of nitrogens with one attached hydrogen (secondary N) is 1. The maximum absolute atomic E-state index is 12.4. The van der Waals surface area contributed by atoms with Crippen molar-refractivity contribution >= 4 is 23.0 Å². The van der Waals surface area contributed by atoms with Gasteiger partial charge in [-0.1, -0.05) is 19.3 Å². The molecule has 6 heteroatoms. The minimum Gasteiger partial charge on any atom is -0.462 e. The molecule has 27 heavy (non-hydrogen) atoms. The van der Waals surface area contributed by atoms with Gasteiger partial charge in [-0.05, 0) is 51.8 Å². The molecule has 0 aliphatic heterocycles. The number of amides is 1. The van der Waals surface area contributed by atoms with Gasteiger partial charge in [0.05, 0.1) is 12.2 Å². The van der Waals surface area contributed by atoms with Crippen molar-refractivity contribution in [1.29, 1.82) is 0 Å². The minimum absolute atomic E-state index is 0.188. The Labute approximate surface area is 159 Å². The van der Waals surface area contributed by atoms with E-state index < -0.39 is 6.09 Å². The van der Waals surface area contributed by atoms with E-state index in [0.29, 0.717) is 17.9 Å². The molecule has 146 valence electrons. The number of aromatic nitrogens is 1. The smallest absolute Gasteiger partial charge is 0.412 e. The van der Waals surface area contributed by atoms with Crippen LogP contribution in [0.1, 0.15) is 62.0 Å². The topological polar surface area (TPSA) is 69.6 Å². The molecule has 1 heterocycles. The van der Waals surface area contributed by atoms with E-state index in [1.807, 2.05) is 19.9 Å². The number of benzene rings is 1. The van der Waals surface area contributed by atoms with Crippen molar-refractivity contribution < 1.29 is 19.1 Å². The van der Waals surface area contributed by atoms with E-state index in [9.17, 15) is 9.59 Å². The Kier molecular flexibility index (Phi) is 6.04. The Morgan fingerprint density at radius 1 is 1.19 bits per heavy atom. The zero-order valence-corrected chi connectivity index (χ0v) is 16.3. The zero-order valence-electron chi connectivity index (χ0n) is 16.3. The Balaban J connectivity index is 1.85. The average molecular weight is 372 g/mol. The molecule has 0 atom stereocenters. The van der Waals surface area contributed by atoms with Crippen molar-refractivity contribution in [2.75, 3.05) is 6.61 Å². The number of carbonyl (C=O) groups is 2. The molecule has 1 amide bonds. The summed E-state index contributed by atoms with van der Waals surface area (Å²) in [5.74, 6) is 0.0746. The van der Waals surface area contributed by atoms with Gasteiger partial charge in [-0.3, -0.25) is 0 Å². The second-order valence-corrected chi connectivity index (χ2v) is 6.97. The number of esters is 1. The van der Waals surface area contributed by atoms with Crippen LogP contribution in [0.15, 0.2) is 18.2 Å². The molecule has 1 aromatic heterocycles. The van der Waals surface area contributed by atoms with Gasteiger partial charge in [-0.2, -0.15) is 0 Å². The maximum Gasteiger partial charge on any atom is 0.412 e.